The van der Waals surface area contributed by atoms with Gasteiger partial charge >= 0.3 is 13.6 Å². The summed E-state index contributed by atoms with van der Waals surface area (Å²) in [5.41, 5.74) is 0.511. The van der Waals surface area contributed by atoms with Crippen LogP contribution in [0.5, 0.6) is 0 Å². The first-order valence-corrected chi connectivity index (χ1v) is 12.0. The van der Waals surface area contributed by atoms with Crippen molar-refractivity contribution in [3.05, 3.63) is 47.8 Å². The predicted molar refractivity (Wildman–Crippen MR) is 110 cm³/mol. The molecule has 1 aromatic rings. The number of hydrogen-bond acceptors (Lipinski definition) is 8. The van der Waals surface area contributed by atoms with E-state index in [2.05, 4.69) is 11.9 Å². The Hall–Kier alpha value is -1.54. The zero-order chi connectivity index (χ0) is 21.6. The third-order valence-corrected chi connectivity index (χ3v) is 6.74. The van der Waals surface area contributed by atoms with Crippen molar-refractivity contribution >= 4 is 13.6 Å². The normalized spacial score (nSPS) is 26.9. The van der Waals surface area contributed by atoms with Crippen LogP contribution in [-0.2, 0) is 28.4 Å². The fourth-order valence-corrected chi connectivity index (χ4v) is 5.18. The van der Waals surface area contributed by atoms with Gasteiger partial charge in [0.1, 0.15) is 6.10 Å². The monoisotopic (exact) mass is 439 g/mol. The van der Waals surface area contributed by atoms with Gasteiger partial charge in [-0.25, -0.2) is 14.6 Å². The van der Waals surface area contributed by atoms with Crippen LogP contribution in [0.1, 0.15) is 43.5 Å². The van der Waals surface area contributed by atoms with E-state index in [4.69, 9.17) is 23.9 Å². The molecule has 2 aliphatic heterocycles. The predicted octanol–water partition coefficient (Wildman–Crippen LogP) is 4.34. The number of hydrogen-bond donors (Lipinski definition) is 0. The Morgan fingerprint density at radius 1 is 1.13 bits per heavy atom. The standard InChI is InChI=1S/C21H30NO7P/c1-4-25-28-30(24,29-26-5-2)14-13-18-19-12-11-17(22(19)3)15-20(18)27-21(23)16-9-7-6-8-10-16/h6-10,13-14,17-20H,4-5,11-12,15H2,1-3H3/b14-13+/t17?,18-,19?,20+/m1/s1. The van der Waals surface area contributed by atoms with Gasteiger partial charge in [0.15, 0.2) is 0 Å². The molecule has 2 aliphatic rings. The molecule has 2 bridgehead atoms. The number of fused-ring (bicyclic) bond motifs is 2. The number of ether oxygens (including phenoxy) is 1. The molecule has 0 aromatic heterocycles. The minimum Gasteiger partial charge on any atom is -0.458 e. The van der Waals surface area contributed by atoms with E-state index in [0.29, 0.717) is 18.0 Å². The Morgan fingerprint density at radius 3 is 2.43 bits per heavy atom. The largest absolute Gasteiger partial charge is 0.458 e. The van der Waals surface area contributed by atoms with E-state index < -0.39 is 7.60 Å². The molecule has 4 atom stereocenters. The molecule has 2 heterocycles. The average Bonchev–Trinajstić information content (AvgIpc) is 3.00. The van der Waals surface area contributed by atoms with E-state index in [1.54, 1.807) is 44.2 Å². The highest BCUT2D eigenvalue weighted by Gasteiger charge is 2.46. The minimum atomic E-state index is -3.76. The number of carbonyl (C=O) groups excluding carboxylic acids is 1. The summed E-state index contributed by atoms with van der Waals surface area (Å²) in [5, 5.41) is 0. The lowest BCUT2D eigenvalue weighted by atomic mass is 9.87. The molecule has 9 heteroatoms. The fourth-order valence-electron chi connectivity index (χ4n) is 4.14. The zero-order valence-corrected chi connectivity index (χ0v) is 18.5. The van der Waals surface area contributed by atoms with E-state index in [-0.39, 0.29) is 37.2 Å². The fraction of sp³-hybridized carbons (Fsp3) is 0.571. The van der Waals surface area contributed by atoms with E-state index in [9.17, 15) is 9.36 Å². The Balaban J connectivity index is 1.79. The van der Waals surface area contributed by atoms with Crippen LogP contribution >= 0.6 is 7.60 Å². The maximum atomic E-state index is 12.9. The molecule has 0 spiro atoms. The molecular formula is C21H30NO7P. The van der Waals surface area contributed by atoms with Gasteiger partial charge in [0.25, 0.3) is 0 Å². The Labute approximate surface area is 177 Å². The van der Waals surface area contributed by atoms with Crippen molar-refractivity contribution in [2.75, 3.05) is 20.3 Å². The average molecular weight is 439 g/mol. The van der Waals surface area contributed by atoms with Crippen LogP contribution in [0.2, 0.25) is 0 Å². The van der Waals surface area contributed by atoms with Crippen LogP contribution in [0, 0.1) is 5.92 Å². The number of carbonyl (C=O) groups is 1. The minimum absolute atomic E-state index is 0.162. The van der Waals surface area contributed by atoms with Crippen LogP contribution in [-0.4, -0.2) is 49.3 Å². The lowest BCUT2D eigenvalue weighted by molar-refractivity contribution is -0.260. The van der Waals surface area contributed by atoms with Gasteiger partial charge in [0.05, 0.1) is 18.8 Å². The first-order valence-electron chi connectivity index (χ1n) is 10.4. The molecule has 0 N–H and O–H groups in total. The molecule has 2 fully saturated rings. The molecule has 30 heavy (non-hydrogen) atoms. The molecule has 8 nitrogen and oxygen atoms in total. The Morgan fingerprint density at radius 2 is 1.80 bits per heavy atom. The third-order valence-electron chi connectivity index (χ3n) is 5.58. The van der Waals surface area contributed by atoms with Crippen molar-refractivity contribution in [1.82, 2.24) is 4.90 Å². The van der Waals surface area contributed by atoms with Crippen molar-refractivity contribution in [3.8, 4) is 0 Å². The zero-order valence-electron chi connectivity index (χ0n) is 17.6. The van der Waals surface area contributed by atoms with Gasteiger partial charge in [-0.15, -0.1) is 9.35 Å². The summed E-state index contributed by atoms with van der Waals surface area (Å²) in [5.74, 6) is 0.825. The summed E-state index contributed by atoms with van der Waals surface area (Å²) >= 11 is 0. The van der Waals surface area contributed by atoms with Crippen LogP contribution in [0.15, 0.2) is 42.2 Å². The molecule has 1 aromatic carbocycles. The highest BCUT2D eigenvalue weighted by Crippen LogP contribution is 2.51. The number of benzene rings is 1. The van der Waals surface area contributed by atoms with Crippen LogP contribution in [0.25, 0.3) is 0 Å². The molecule has 166 valence electrons. The van der Waals surface area contributed by atoms with E-state index in [1.165, 1.54) is 5.82 Å². The van der Waals surface area contributed by atoms with Gasteiger partial charge in [-0.1, -0.05) is 24.3 Å². The van der Waals surface area contributed by atoms with Gasteiger partial charge in [-0.3, -0.25) is 9.46 Å². The number of rotatable bonds is 10. The molecule has 2 saturated heterocycles. The highest BCUT2D eigenvalue weighted by molar-refractivity contribution is 7.56. The van der Waals surface area contributed by atoms with E-state index >= 15 is 0 Å². The van der Waals surface area contributed by atoms with Crippen LogP contribution in [0.3, 0.4) is 0 Å². The lowest BCUT2D eigenvalue weighted by Gasteiger charge is -2.41. The lowest BCUT2D eigenvalue weighted by Crippen LogP contribution is -2.49. The number of nitrogens with zero attached hydrogens (tertiary/aromatic N) is 1. The summed E-state index contributed by atoms with van der Waals surface area (Å²) in [6, 6.07) is 9.46. The van der Waals surface area contributed by atoms with Crippen LogP contribution < -0.4 is 0 Å². The highest BCUT2D eigenvalue weighted by atomic mass is 31.2. The maximum absolute atomic E-state index is 12.9. The second-order valence-corrected chi connectivity index (χ2v) is 9.11. The van der Waals surface area contributed by atoms with Crippen LogP contribution in [0.4, 0.5) is 0 Å². The van der Waals surface area contributed by atoms with Gasteiger partial charge in [-0.2, -0.15) is 0 Å². The number of esters is 1. The quantitative estimate of drug-likeness (QED) is 0.230. The molecule has 0 amide bonds. The summed E-state index contributed by atoms with van der Waals surface area (Å²) < 4.78 is 28.7. The SMILES string of the molecule is CCOOP(=O)(/C=C/[C@@H]1C2CCC(C[C@@H]1OC(=O)c1ccccc1)N2C)OOCC. The second-order valence-electron chi connectivity index (χ2n) is 7.43. The molecular weight excluding hydrogens is 409 g/mol. The van der Waals surface area contributed by atoms with Crippen molar-refractivity contribution < 1.29 is 33.2 Å². The third kappa shape index (κ3) is 5.58. The Kier molecular flexibility index (Phi) is 8.22. The summed E-state index contributed by atoms with van der Waals surface area (Å²) in [6.45, 7) is 3.84. The first kappa shape index (κ1) is 23.1. The van der Waals surface area contributed by atoms with Crippen molar-refractivity contribution in [3.63, 3.8) is 0 Å². The van der Waals surface area contributed by atoms with Gasteiger partial charge in [-0.05, 0) is 45.9 Å². The molecule has 2 unspecified atom stereocenters. The molecule has 0 saturated carbocycles. The smallest absolute Gasteiger partial charge is 0.407 e. The first-order chi connectivity index (χ1) is 14.5. The van der Waals surface area contributed by atoms with E-state index in [0.717, 1.165) is 12.8 Å². The molecule has 0 radical (unpaired) electrons. The van der Waals surface area contributed by atoms with Gasteiger partial charge in [0, 0.05) is 30.2 Å². The maximum Gasteiger partial charge on any atom is 0.407 e. The second kappa shape index (κ2) is 10.7. The van der Waals surface area contributed by atoms with Gasteiger partial charge in [0.2, 0.25) is 0 Å². The molecule has 0 aliphatic carbocycles. The summed E-state index contributed by atoms with van der Waals surface area (Å²) in [6.07, 6.45) is 4.13. The van der Waals surface area contributed by atoms with Crippen molar-refractivity contribution in [2.24, 2.45) is 5.92 Å². The van der Waals surface area contributed by atoms with Crippen molar-refractivity contribution in [2.45, 2.75) is 51.3 Å². The number of piperidine rings is 1. The topological polar surface area (TPSA) is 83.5 Å². The van der Waals surface area contributed by atoms with E-state index in [1.807, 2.05) is 6.07 Å². The van der Waals surface area contributed by atoms with Gasteiger partial charge < -0.3 is 4.74 Å². The molecule has 3 rings (SSSR count). The van der Waals surface area contributed by atoms with Crippen molar-refractivity contribution in [1.29, 1.82) is 0 Å². The Bertz CT molecular complexity index is 760. The summed E-state index contributed by atoms with van der Waals surface area (Å²) in [4.78, 5) is 24.7. The summed E-state index contributed by atoms with van der Waals surface area (Å²) in [7, 11) is -1.69.